The summed E-state index contributed by atoms with van der Waals surface area (Å²) in [5.74, 6) is -1.84. The van der Waals surface area contributed by atoms with Crippen LogP contribution < -0.4 is 11.1 Å². The first-order valence-corrected chi connectivity index (χ1v) is 12.2. The smallest absolute Gasteiger partial charge is 0.256 e. The van der Waals surface area contributed by atoms with Gasteiger partial charge >= 0.3 is 0 Å². The van der Waals surface area contributed by atoms with E-state index in [0.29, 0.717) is 17.6 Å². The zero-order chi connectivity index (χ0) is 27.3. The van der Waals surface area contributed by atoms with Crippen molar-refractivity contribution in [2.75, 3.05) is 17.6 Å². The van der Waals surface area contributed by atoms with Crippen molar-refractivity contribution in [3.63, 3.8) is 0 Å². The van der Waals surface area contributed by atoms with Gasteiger partial charge in [0, 0.05) is 29.9 Å². The average molecular weight is 530 g/mol. The minimum Gasteiger partial charge on any atom is -0.383 e. The van der Waals surface area contributed by atoms with Crippen LogP contribution in [0.2, 0.25) is 0 Å². The highest BCUT2D eigenvalue weighted by atomic mass is 19.1. The molecule has 1 saturated heterocycles. The van der Waals surface area contributed by atoms with Crippen LogP contribution in [0.3, 0.4) is 0 Å². The molecule has 39 heavy (non-hydrogen) atoms. The number of hydrogen-bond donors (Lipinski definition) is 2. The molecular weight excluding hydrogens is 508 g/mol. The maximum atomic E-state index is 15.5. The Kier molecular flexibility index (Phi) is 5.86. The van der Waals surface area contributed by atoms with Gasteiger partial charge in [-0.25, -0.2) is 28.4 Å². The fraction of sp³-hybridized carbons (Fsp3) is 0.269. The predicted molar refractivity (Wildman–Crippen MR) is 135 cm³/mol. The van der Waals surface area contributed by atoms with Crippen molar-refractivity contribution in [3.8, 4) is 17.3 Å². The zero-order valence-corrected chi connectivity index (χ0v) is 20.4. The fourth-order valence-corrected chi connectivity index (χ4v) is 5.63. The number of anilines is 2. The summed E-state index contributed by atoms with van der Waals surface area (Å²) in [5.41, 5.74) is 6.88. The van der Waals surface area contributed by atoms with Gasteiger partial charge in [-0.1, -0.05) is 0 Å². The number of fused-ring (bicyclic) bond motifs is 3. The highest BCUT2D eigenvalue weighted by molar-refractivity contribution is 6.04. The van der Waals surface area contributed by atoms with Crippen LogP contribution in [-0.2, 0) is 4.79 Å². The first kappa shape index (κ1) is 24.4. The molecule has 1 aromatic carbocycles. The van der Waals surface area contributed by atoms with Crippen LogP contribution in [0.15, 0.2) is 42.9 Å². The first-order chi connectivity index (χ1) is 18.8. The molecule has 2 aliphatic rings. The molecule has 1 saturated carbocycles. The van der Waals surface area contributed by atoms with E-state index in [-0.39, 0.29) is 58.8 Å². The number of nitrogens with two attached hydrogens (primary N) is 1. The first-order valence-electron chi connectivity index (χ1n) is 12.2. The molecule has 2 bridgehead atoms. The molecule has 2 fully saturated rings. The molecule has 13 heteroatoms. The van der Waals surface area contributed by atoms with Crippen molar-refractivity contribution in [1.82, 2.24) is 29.6 Å². The topological polar surface area (TPSA) is 156 Å². The maximum absolute atomic E-state index is 15.5. The highest BCUT2D eigenvalue weighted by Crippen LogP contribution is 2.46. The lowest BCUT2D eigenvalue weighted by atomic mass is 10.0. The Balaban J connectivity index is 1.36. The number of carbonyl (C=O) groups is 2. The molecule has 3 atom stereocenters. The molecule has 6 rings (SSSR count). The summed E-state index contributed by atoms with van der Waals surface area (Å²) in [6, 6.07) is 7.57. The van der Waals surface area contributed by atoms with E-state index in [0.717, 1.165) is 31.0 Å². The lowest BCUT2D eigenvalue weighted by Crippen LogP contribution is -2.43. The highest BCUT2D eigenvalue weighted by Gasteiger charge is 2.48. The number of likely N-dealkylation sites (tertiary alicyclic amines) is 1. The average Bonchev–Trinajstić information content (AvgIpc) is 3.62. The van der Waals surface area contributed by atoms with Gasteiger partial charge in [0.05, 0.1) is 23.5 Å². The maximum Gasteiger partial charge on any atom is 0.256 e. The van der Waals surface area contributed by atoms with Crippen molar-refractivity contribution < 1.29 is 18.4 Å². The summed E-state index contributed by atoms with van der Waals surface area (Å²) in [7, 11) is 0. The SMILES string of the molecule is N#CCC(=O)N1C[C@@H]2C[C@@H]1[C@H](n1nc(-c3ccc(C(=O)Nc4cc(F)ccn4)cc3F)c3c(N)ncnc31)C2. The van der Waals surface area contributed by atoms with Gasteiger partial charge in [0.1, 0.15) is 41.7 Å². The standard InChI is InChI=1S/C26H21F2N9O2/c27-15-4-6-31-20(10-15)34-26(39)14-1-2-16(17(28)9-14)23-22-24(30)32-12-33-25(22)37(35-23)19-8-13-7-18(19)36(11-13)21(38)3-5-29/h1-2,4,6,9-10,12-13,18-19H,3,7-8,11H2,(H2,30,32,33)(H,31,34,39)/t13-,18-,19-/m1/s1. The van der Waals surface area contributed by atoms with Crippen LogP contribution in [0, 0.1) is 28.9 Å². The number of rotatable bonds is 5. The van der Waals surface area contributed by atoms with Gasteiger partial charge in [-0.2, -0.15) is 10.4 Å². The predicted octanol–water partition coefficient (Wildman–Crippen LogP) is 3.08. The van der Waals surface area contributed by atoms with E-state index in [1.165, 1.54) is 24.7 Å². The van der Waals surface area contributed by atoms with Gasteiger partial charge in [0.25, 0.3) is 5.91 Å². The summed E-state index contributed by atoms with van der Waals surface area (Å²) in [6.45, 7) is 0.591. The number of nitrogens with zero attached hydrogens (tertiary/aromatic N) is 7. The molecule has 4 aromatic rings. The molecule has 1 aliphatic carbocycles. The third kappa shape index (κ3) is 4.19. The molecule has 196 valence electrons. The molecular formula is C26H21F2N9O2. The summed E-state index contributed by atoms with van der Waals surface area (Å²) in [6.07, 6.45) is 3.83. The number of pyridine rings is 1. The van der Waals surface area contributed by atoms with E-state index >= 15 is 4.39 Å². The van der Waals surface area contributed by atoms with Crippen LogP contribution in [0.5, 0.6) is 0 Å². The molecule has 4 heterocycles. The molecule has 0 spiro atoms. The van der Waals surface area contributed by atoms with Crippen molar-refractivity contribution in [2.45, 2.75) is 31.3 Å². The quantitative estimate of drug-likeness (QED) is 0.400. The number of carbonyl (C=O) groups excluding carboxylic acids is 2. The largest absolute Gasteiger partial charge is 0.383 e. The number of nitriles is 1. The van der Waals surface area contributed by atoms with E-state index < -0.39 is 17.5 Å². The van der Waals surface area contributed by atoms with Crippen LogP contribution in [0.25, 0.3) is 22.3 Å². The molecule has 0 unspecified atom stereocenters. The second-order valence-corrected chi connectivity index (χ2v) is 9.61. The lowest BCUT2D eigenvalue weighted by molar-refractivity contribution is -0.132. The van der Waals surface area contributed by atoms with Crippen LogP contribution in [-0.4, -0.2) is 54.0 Å². The number of benzene rings is 1. The van der Waals surface area contributed by atoms with Gasteiger partial charge in [-0.15, -0.1) is 0 Å². The summed E-state index contributed by atoms with van der Waals surface area (Å²) in [4.78, 5) is 39.2. The van der Waals surface area contributed by atoms with Gasteiger partial charge in [0.15, 0.2) is 5.65 Å². The van der Waals surface area contributed by atoms with Crippen LogP contribution in [0.1, 0.15) is 35.7 Å². The number of hydrogen-bond acceptors (Lipinski definition) is 8. The molecule has 2 amide bonds. The van der Waals surface area contributed by atoms with E-state index in [4.69, 9.17) is 16.1 Å². The summed E-state index contributed by atoms with van der Waals surface area (Å²) >= 11 is 0. The van der Waals surface area contributed by atoms with Crippen LogP contribution in [0.4, 0.5) is 20.4 Å². The minimum atomic E-state index is -0.733. The van der Waals surface area contributed by atoms with Crippen LogP contribution >= 0.6 is 0 Å². The van der Waals surface area contributed by atoms with Gasteiger partial charge in [-0.05, 0) is 43.0 Å². The van der Waals surface area contributed by atoms with Gasteiger partial charge in [-0.3, -0.25) is 9.59 Å². The molecule has 11 nitrogen and oxygen atoms in total. The Morgan fingerprint density at radius 1 is 1.13 bits per heavy atom. The van der Waals surface area contributed by atoms with Crippen molar-refractivity contribution >= 4 is 34.5 Å². The van der Waals surface area contributed by atoms with Gasteiger partial charge < -0.3 is 16.0 Å². The Hall–Kier alpha value is -4.99. The molecule has 1 aliphatic heterocycles. The minimum absolute atomic E-state index is 0.00461. The van der Waals surface area contributed by atoms with E-state index in [2.05, 4.69) is 20.3 Å². The Morgan fingerprint density at radius 3 is 2.69 bits per heavy atom. The number of piperidine rings is 1. The Bertz CT molecular complexity index is 1680. The fourth-order valence-electron chi connectivity index (χ4n) is 5.63. The monoisotopic (exact) mass is 529 g/mol. The number of aromatic nitrogens is 5. The third-order valence-electron chi connectivity index (χ3n) is 7.28. The molecule has 3 N–H and O–H groups in total. The lowest BCUT2D eigenvalue weighted by Gasteiger charge is -2.33. The number of nitrogens with one attached hydrogen (secondary N) is 1. The number of amides is 2. The zero-order valence-electron chi connectivity index (χ0n) is 20.4. The Labute approximate surface area is 220 Å². The second kappa shape index (κ2) is 9.39. The van der Waals surface area contributed by atoms with Crippen molar-refractivity contribution in [3.05, 3.63) is 60.1 Å². The van der Waals surface area contributed by atoms with Gasteiger partial charge in [0.2, 0.25) is 5.91 Å². The van der Waals surface area contributed by atoms with E-state index in [1.54, 1.807) is 9.58 Å². The number of halogens is 2. The molecule has 3 aromatic heterocycles. The van der Waals surface area contributed by atoms with E-state index in [9.17, 15) is 14.0 Å². The summed E-state index contributed by atoms with van der Waals surface area (Å²) in [5, 5.41) is 16.5. The Morgan fingerprint density at radius 2 is 1.95 bits per heavy atom. The number of nitrogen functional groups attached to an aromatic ring is 1. The third-order valence-corrected chi connectivity index (χ3v) is 7.28. The summed E-state index contributed by atoms with van der Waals surface area (Å²) < 4.78 is 30.6. The van der Waals surface area contributed by atoms with Crippen molar-refractivity contribution in [2.24, 2.45) is 5.92 Å². The molecule has 0 radical (unpaired) electrons. The normalized spacial score (nSPS) is 19.8. The second-order valence-electron chi connectivity index (χ2n) is 9.61. The van der Waals surface area contributed by atoms with Crippen molar-refractivity contribution in [1.29, 1.82) is 5.26 Å². The van der Waals surface area contributed by atoms with E-state index in [1.807, 2.05) is 6.07 Å².